The van der Waals surface area contributed by atoms with Gasteiger partial charge in [0.1, 0.15) is 12.1 Å². The van der Waals surface area contributed by atoms with Gasteiger partial charge in [-0.2, -0.15) is 0 Å². The third kappa shape index (κ3) is 15.0. The van der Waals surface area contributed by atoms with Gasteiger partial charge in [0, 0.05) is 25.7 Å². The number of urea groups is 1. The number of nitrogens with one attached hydrogen (secondary N) is 3. The van der Waals surface area contributed by atoms with Crippen LogP contribution in [0.25, 0.3) is 0 Å². The van der Waals surface area contributed by atoms with Gasteiger partial charge in [0.05, 0.1) is 26.4 Å². The summed E-state index contributed by atoms with van der Waals surface area (Å²) in [6.07, 6.45) is 5.51. The Kier molecular flexibility index (Phi) is 15.4. The first kappa shape index (κ1) is 36.5. The number of carbonyl (C=O) groups excluding carboxylic acids is 3. The van der Waals surface area contributed by atoms with Gasteiger partial charge in [-0.15, -0.1) is 0 Å². The van der Waals surface area contributed by atoms with Crippen LogP contribution >= 0.6 is 0 Å². The Bertz CT molecular complexity index is 969. The highest BCUT2D eigenvalue weighted by Gasteiger charge is 2.31. The Morgan fingerprint density at radius 1 is 1.00 bits per heavy atom. The fraction of sp³-hybridized carbons (Fsp3) is 0.727. The number of benzene rings is 1. The molecule has 43 heavy (non-hydrogen) atoms. The standard InChI is InChI=1S/C25H46N4O5.C8H10O/c1-24(2,3)17-25(4,5)28-22(32)20(30)16-26-21(31)19(15-18-9-7-6-8-10-18)27-23(33)29-11-13-34-14-12-29;1-9-7-8-5-3-2-4-6-8/h18-20,30H,6-17H2,1-5H3,(H,26,31)(H,27,33)(H,28,32);2-6H,7H2,1H3. The zero-order chi connectivity index (χ0) is 31.9. The van der Waals surface area contributed by atoms with Crippen LogP contribution in [0.3, 0.4) is 0 Å². The highest BCUT2D eigenvalue weighted by molar-refractivity contribution is 5.88. The summed E-state index contributed by atoms with van der Waals surface area (Å²) in [6, 6.07) is 9.13. The van der Waals surface area contributed by atoms with Crippen molar-refractivity contribution < 1.29 is 29.0 Å². The number of morpholine rings is 1. The van der Waals surface area contributed by atoms with E-state index in [1.807, 2.05) is 44.2 Å². The summed E-state index contributed by atoms with van der Waals surface area (Å²) in [5.74, 6) is -0.510. The van der Waals surface area contributed by atoms with Gasteiger partial charge in [0.25, 0.3) is 5.91 Å². The number of ether oxygens (including phenoxy) is 2. The first-order valence-electron chi connectivity index (χ1n) is 15.7. The maximum Gasteiger partial charge on any atom is 0.318 e. The SMILES string of the molecule is CC(C)(C)CC(C)(C)NC(=O)C(O)CNC(=O)C(CC1CCCCC1)NC(=O)N1CCOCC1.COCc1ccccc1. The summed E-state index contributed by atoms with van der Waals surface area (Å²) < 4.78 is 10.2. The van der Waals surface area contributed by atoms with Crippen molar-refractivity contribution in [2.24, 2.45) is 11.3 Å². The number of methoxy groups -OCH3 is 1. The van der Waals surface area contributed by atoms with E-state index in [2.05, 4.69) is 36.7 Å². The summed E-state index contributed by atoms with van der Waals surface area (Å²) >= 11 is 0. The van der Waals surface area contributed by atoms with Crippen LogP contribution in [0.4, 0.5) is 4.79 Å². The van der Waals surface area contributed by atoms with E-state index in [0.29, 0.717) is 45.2 Å². The monoisotopic (exact) mass is 604 g/mol. The van der Waals surface area contributed by atoms with Gasteiger partial charge in [-0.05, 0) is 43.6 Å². The highest BCUT2D eigenvalue weighted by Crippen LogP contribution is 2.28. The van der Waals surface area contributed by atoms with E-state index in [-0.39, 0.29) is 23.9 Å². The van der Waals surface area contributed by atoms with Gasteiger partial charge in [-0.25, -0.2) is 4.79 Å². The Labute approximate surface area is 258 Å². The predicted octanol–water partition coefficient (Wildman–Crippen LogP) is 4.01. The lowest BCUT2D eigenvalue weighted by Gasteiger charge is -2.34. The van der Waals surface area contributed by atoms with Crippen molar-refractivity contribution in [3.8, 4) is 0 Å². The van der Waals surface area contributed by atoms with Crippen LogP contribution in [0.5, 0.6) is 0 Å². The molecule has 10 heteroatoms. The second-order valence-corrected chi connectivity index (χ2v) is 13.6. The molecule has 2 aliphatic rings. The summed E-state index contributed by atoms with van der Waals surface area (Å²) in [6.45, 7) is 12.6. The zero-order valence-corrected chi connectivity index (χ0v) is 27.2. The number of hydrogen-bond donors (Lipinski definition) is 4. The second kappa shape index (κ2) is 18.2. The lowest BCUT2D eigenvalue weighted by Crippen LogP contribution is -2.56. The molecule has 4 N–H and O–H groups in total. The van der Waals surface area contributed by atoms with E-state index in [1.54, 1.807) is 12.0 Å². The molecule has 1 heterocycles. The molecule has 0 bridgehead atoms. The van der Waals surface area contributed by atoms with Crippen LogP contribution < -0.4 is 16.0 Å². The first-order valence-corrected chi connectivity index (χ1v) is 15.7. The van der Waals surface area contributed by atoms with Crippen molar-refractivity contribution in [1.29, 1.82) is 0 Å². The number of amides is 4. The van der Waals surface area contributed by atoms with Crippen molar-refractivity contribution in [3.63, 3.8) is 0 Å². The molecule has 244 valence electrons. The molecule has 1 aromatic rings. The van der Waals surface area contributed by atoms with Crippen LogP contribution in [0.2, 0.25) is 0 Å². The molecule has 4 amide bonds. The third-order valence-electron chi connectivity index (χ3n) is 7.57. The largest absolute Gasteiger partial charge is 0.381 e. The van der Waals surface area contributed by atoms with Crippen molar-refractivity contribution in [3.05, 3.63) is 35.9 Å². The first-order chi connectivity index (χ1) is 20.3. The normalized spacial score (nSPS) is 17.6. The number of rotatable bonds is 11. The molecule has 2 unspecified atom stereocenters. The number of carbonyl (C=O) groups is 3. The molecule has 0 aromatic heterocycles. The Balaban J connectivity index is 0.000000609. The second-order valence-electron chi connectivity index (χ2n) is 13.6. The Hall–Kier alpha value is -2.69. The molecular weight excluding hydrogens is 548 g/mol. The number of aliphatic hydroxyl groups is 1. The molecule has 1 saturated carbocycles. The van der Waals surface area contributed by atoms with Crippen molar-refractivity contribution in [1.82, 2.24) is 20.9 Å². The Morgan fingerprint density at radius 2 is 1.63 bits per heavy atom. The average Bonchev–Trinajstić information content (AvgIpc) is 2.96. The quantitative estimate of drug-likeness (QED) is 0.302. The third-order valence-corrected chi connectivity index (χ3v) is 7.57. The molecule has 3 rings (SSSR count). The molecule has 0 spiro atoms. The number of hydrogen-bond acceptors (Lipinski definition) is 6. The van der Waals surface area contributed by atoms with Crippen molar-refractivity contribution in [2.45, 2.75) is 104 Å². The van der Waals surface area contributed by atoms with Crippen LogP contribution in [0.1, 0.15) is 85.1 Å². The molecule has 1 saturated heterocycles. The summed E-state index contributed by atoms with van der Waals surface area (Å²) in [5.41, 5.74) is 0.747. The van der Waals surface area contributed by atoms with E-state index in [0.717, 1.165) is 32.1 Å². The van der Waals surface area contributed by atoms with Crippen LogP contribution in [0, 0.1) is 11.3 Å². The maximum atomic E-state index is 13.0. The minimum atomic E-state index is -1.37. The van der Waals surface area contributed by atoms with Crippen LogP contribution in [0.15, 0.2) is 30.3 Å². The van der Waals surface area contributed by atoms with Gasteiger partial charge in [0.15, 0.2) is 0 Å². The molecule has 1 aromatic carbocycles. The van der Waals surface area contributed by atoms with Gasteiger partial charge in [0.2, 0.25) is 5.91 Å². The van der Waals surface area contributed by atoms with E-state index in [1.165, 1.54) is 12.0 Å². The van der Waals surface area contributed by atoms with Crippen molar-refractivity contribution in [2.75, 3.05) is 40.0 Å². The summed E-state index contributed by atoms with van der Waals surface area (Å²) in [7, 11) is 1.70. The van der Waals surface area contributed by atoms with Crippen LogP contribution in [-0.4, -0.2) is 85.5 Å². The van der Waals surface area contributed by atoms with E-state index < -0.39 is 23.6 Å². The molecular formula is C33H56N4O6. The van der Waals surface area contributed by atoms with Crippen molar-refractivity contribution >= 4 is 17.8 Å². The van der Waals surface area contributed by atoms with Gasteiger partial charge in [-0.1, -0.05) is 83.2 Å². The molecule has 0 radical (unpaired) electrons. The molecule has 1 aliphatic carbocycles. The van der Waals surface area contributed by atoms with E-state index in [4.69, 9.17) is 9.47 Å². The summed E-state index contributed by atoms with van der Waals surface area (Å²) in [5, 5.41) is 18.8. The van der Waals surface area contributed by atoms with E-state index >= 15 is 0 Å². The molecule has 1 aliphatic heterocycles. The summed E-state index contributed by atoms with van der Waals surface area (Å²) in [4.78, 5) is 39.9. The topological polar surface area (TPSA) is 129 Å². The fourth-order valence-corrected chi connectivity index (χ4v) is 5.94. The molecule has 2 fully saturated rings. The average molecular weight is 605 g/mol. The van der Waals surface area contributed by atoms with Gasteiger partial charge >= 0.3 is 6.03 Å². The minimum Gasteiger partial charge on any atom is -0.381 e. The predicted molar refractivity (Wildman–Crippen MR) is 168 cm³/mol. The number of nitrogens with zero attached hydrogens (tertiary/aromatic N) is 1. The van der Waals surface area contributed by atoms with Crippen LogP contribution in [-0.2, 0) is 25.7 Å². The van der Waals surface area contributed by atoms with E-state index in [9.17, 15) is 19.5 Å². The number of aliphatic hydroxyl groups excluding tert-OH is 1. The maximum absolute atomic E-state index is 13.0. The van der Waals surface area contributed by atoms with Gasteiger partial charge in [-0.3, -0.25) is 9.59 Å². The van der Waals surface area contributed by atoms with Gasteiger partial charge < -0.3 is 35.4 Å². The minimum absolute atomic E-state index is 0.0149. The lowest BCUT2D eigenvalue weighted by atomic mass is 9.81. The molecule has 2 atom stereocenters. The smallest absolute Gasteiger partial charge is 0.318 e. The highest BCUT2D eigenvalue weighted by atomic mass is 16.5. The fourth-order valence-electron chi connectivity index (χ4n) is 5.94. The lowest BCUT2D eigenvalue weighted by molar-refractivity contribution is -0.132. The zero-order valence-electron chi connectivity index (χ0n) is 27.2. The molecule has 10 nitrogen and oxygen atoms in total. The Morgan fingerprint density at radius 3 is 2.21 bits per heavy atom.